The number of nitro benzene ring substituents is 1. The molecule has 0 saturated carbocycles. The van der Waals surface area contributed by atoms with Gasteiger partial charge in [0.25, 0.3) is 11.6 Å². The minimum Gasteiger partial charge on any atom is -0.490 e. The zero-order chi connectivity index (χ0) is 21.3. The van der Waals surface area contributed by atoms with Crippen LogP contribution in [0, 0.1) is 15.5 Å². The molecule has 2 aromatic rings. The molecule has 0 saturated heterocycles. The van der Waals surface area contributed by atoms with Gasteiger partial charge in [0.1, 0.15) is 17.9 Å². The number of halogens is 1. The maximum atomic E-state index is 12.8. The van der Waals surface area contributed by atoms with E-state index in [9.17, 15) is 19.7 Å². The van der Waals surface area contributed by atoms with E-state index in [4.69, 9.17) is 16.3 Å². The molecule has 3 rings (SSSR count). The van der Waals surface area contributed by atoms with Crippen LogP contribution in [0.5, 0.6) is 5.75 Å². The molecule has 152 valence electrons. The van der Waals surface area contributed by atoms with Crippen LogP contribution in [0.2, 0.25) is 5.02 Å². The van der Waals surface area contributed by atoms with Crippen molar-refractivity contribution in [3.8, 4) is 5.75 Å². The average molecular weight is 418 g/mol. The van der Waals surface area contributed by atoms with Gasteiger partial charge in [0, 0.05) is 23.3 Å². The summed E-state index contributed by atoms with van der Waals surface area (Å²) in [4.78, 5) is 37.7. The van der Waals surface area contributed by atoms with E-state index in [1.165, 1.54) is 18.2 Å². The average Bonchev–Trinajstić information content (AvgIpc) is 2.76. The minimum atomic E-state index is -0.695. The Balaban J connectivity index is 1.96. The minimum absolute atomic E-state index is 0.0901. The summed E-state index contributed by atoms with van der Waals surface area (Å²) >= 11 is 5.90. The molecule has 1 heterocycles. The SMILES string of the molecule is CCN1C(=O)C(C)(C)COc2ccc(NC(=O)c3cc(Cl)ccc3[N+](=O)[O-])cc21. The van der Waals surface area contributed by atoms with Crippen LogP contribution < -0.4 is 15.0 Å². The van der Waals surface area contributed by atoms with E-state index in [1.54, 1.807) is 23.1 Å². The number of rotatable bonds is 4. The van der Waals surface area contributed by atoms with Gasteiger partial charge in [0.15, 0.2) is 0 Å². The van der Waals surface area contributed by atoms with Crippen molar-refractivity contribution in [1.29, 1.82) is 0 Å². The predicted octanol–water partition coefficient (Wildman–Crippen LogP) is 4.27. The standard InChI is InChI=1S/C20H20ClN3O5/c1-4-23-16-10-13(6-8-17(16)29-11-20(2,3)19(23)26)22-18(25)14-9-12(21)5-7-15(14)24(27)28/h5-10H,4,11H2,1-3H3,(H,22,25). The van der Waals surface area contributed by atoms with E-state index in [0.717, 1.165) is 0 Å². The van der Waals surface area contributed by atoms with E-state index >= 15 is 0 Å². The molecule has 1 aliphatic rings. The molecular weight excluding hydrogens is 398 g/mol. The number of anilines is 2. The fourth-order valence-electron chi connectivity index (χ4n) is 3.08. The Bertz CT molecular complexity index is 1010. The number of ether oxygens (including phenoxy) is 1. The first-order valence-corrected chi connectivity index (χ1v) is 9.36. The predicted molar refractivity (Wildman–Crippen MR) is 110 cm³/mol. The lowest BCUT2D eigenvalue weighted by atomic mass is 9.93. The molecule has 1 aliphatic heterocycles. The molecule has 0 aliphatic carbocycles. The monoisotopic (exact) mass is 417 g/mol. The Morgan fingerprint density at radius 3 is 2.69 bits per heavy atom. The van der Waals surface area contributed by atoms with Gasteiger partial charge in [-0.2, -0.15) is 0 Å². The fraction of sp³-hybridized carbons (Fsp3) is 0.300. The molecule has 0 fully saturated rings. The molecule has 8 nitrogen and oxygen atoms in total. The van der Waals surface area contributed by atoms with Crippen molar-refractivity contribution >= 4 is 40.5 Å². The number of nitrogens with one attached hydrogen (secondary N) is 1. The van der Waals surface area contributed by atoms with Crippen molar-refractivity contribution in [2.24, 2.45) is 5.41 Å². The third-order valence-corrected chi connectivity index (χ3v) is 4.87. The highest BCUT2D eigenvalue weighted by molar-refractivity contribution is 6.31. The molecule has 1 N–H and O–H groups in total. The van der Waals surface area contributed by atoms with Crippen molar-refractivity contribution in [3.05, 3.63) is 57.1 Å². The van der Waals surface area contributed by atoms with E-state index in [2.05, 4.69) is 5.32 Å². The van der Waals surface area contributed by atoms with Crippen molar-refractivity contribution in [2.45, 2.75) is 20.8 Å². The summed E-state index contributed by atoms with van der Waals surface area (Å²) in [7, 11) is 0. The van der Waals surface area contributed by atoms with Gasteiger partial charge in [0.2, 0.25) is 5.91 Å². The molecule has 0 unspecified atom stereocenters. The van der Waals surface area contributed by atoms with Crippen LogP contribution in [-0.2, 0) is 4.79 Å². The lowest BCUT2D eigenvalue weighted by Gasteiger charge is -2.27. The smallest absolute Gasteiger partial charge is 0.282 e. The number of hydrogen-bond donors (Lipinski definition) is 1. The van der Waals surface area contributed by atoms with Crippen molar-refractivity contribution in [3.63, 3.8) is 0 Å². The maximum Gasteiger partial charge on any atom is 0.282 e. The van der Waals surface area contributed by atoms with Gasteiger partial charge in [-0.1, -0.05) is 11.6 Å². The molecule has 0 atom stereocenters. The number of amides is 2. The number of fused-ring (bicyclic) bond motifs is 1. The molecular formula is C20H20ClN3O5. The Kier molecular flexibility index (Phi) is 5.48. The third kappa shape index (κ3) is 4.02. The Morgan fingerprint density at radius 2 is 2.03 bits per heavy atom. The lowest BCUT2D eigenvalue weighted by molar-refractivity contribution is -0.385. The van der Waals surface area contributed by atoms with Gasteiger partial charge < -0.3 is 15.0 Å². The number of nitro groups is 1. The van der Waals surface area contributed by atoms with Gasteiger partial charge in [-0.05, 0) is 51.1 Å². The summed E-state index contributed by atoms with van der Waals surface area (Å²) in [6.45, 7) is 6.13. The largest absolute Gasteiger partial charge is 0.490 e. The van der Waals surface area contributed by atoms with Crippen LogP contribution in [0.15, 0.2) is 36.4 Å². The fourth-order valence-corrected chi connectivity index (χ4v) is 3.26. The van der Waals surface area contributed by atoms with Crippen molar-refractivity contribution in [1.82, 2.24) is 0 Å². The zero-order valence-corrected chi connectivity index (χ0v) is 16.9. The zero-order valence-electron chi connectivity index (χ0n) is 16.2. The van der Waals surface area contributed by atoms with E-state index in [1.807, 2.05) is 20.8 Å². The third-order valence-electron chi connectivity index (χ3n) is 4.64. The number of nitrogens with zero attached hydrogens (tertiary/aromatic N) is 2. The Hall–Kier alpha value is -3.13. The number of carbonyl (C=O) groups excluding carboxylic acids is 2. The second kappa shape index (κ2) is 7.71. The molecule has 2 amide bonds. The van der Waals surface area contributed by atoms with Gasteiger partial charge in [-0.3, -0.25) is 19.7 Å². The molecule has 2 aromatic carbocycles. The molecule has 0 aromatic heterocycles. The van der Waals surface area contributed by atoms with Crippen molar-refractivity contribution in [2.75, 3.05) is 23.4 Å². The van der Waals surface area contributed by atoms with Crippen molar-refractivity contribution < 1.29 is 19.2 Å². The number of benzene rings is 2. The second-order valence-electron chi connectivity index (χ2n) is 7.28. The number of hydrogen-bond acceptors (Lipinski definition) is 5. The normalized spacial score (nSPS) is 15.2. The molecule has 0 radical (unpaired) electrons. The summed E-state index contributed by atoms with van der Waals surface area (Å²) in [5, 5.41) is 14.1. The van der Waals surface area contributed by atoms with Gasteiger partial charge in [-0.15, -0.1) is 0 Å². The molecule has 9 heteroatoms. The van der Waals surface area contributed by atoms with Crippen LogP contribution >= 0.6 is 11.6 Å². The van der Waals surface area contributed by atoms with Crippen LogP contribution in [0.3, 0.4) is 0 Å². The summed E-state index contributed by atoms with van der Waals surface area (Å²) in [5.41, 5.74) is -0.297. The highest BCUT2D eigenvalue weighted by atomic mass is 35.5. The molecule has 29 heavy (non-hydrogen) atoms. The first-order valence-electron chi connectivity index (χ1n) is 8.98. The summed E-state index contributed by atoms with van der Waals surface area (Å²) in [6.07, 6.45) is 0. The van der Waals surface area contributed by atoms with Crippen LogP contribution in [0.4, 0.5) is 17.1 Å². The second-order valence-corrected chi connectivity index (χ2v) is 7.71. The Labute approximate surface area is 172 Å². The summed E-state index contributed by atoms with van der Waals surface area (Å²) < 4.78 is 5.80. The van der Waals surface area contributed by atoms with Crippen LogP contribution in [0.25, 0.3) is 0 Å². The molecule has 0 bridgehead atoms. The van der Waals surface area contributed by atoms with Gasteiger partial charge >= 0.3 is 0 Å². The first-order chi connectivity index (χ1) is 13.6. The lowest BCUT2D eigenvalue weighted by Crippen LogP contribution is -2.42. The van der Waals surface area contributed by atoms with Crippen LogP contribution in [-0.4, -0.2) is 29.9 Å². The van der Waals surface area contributed by atoms with Gasteiger partial charge in [0.05, 0.1) is 16.0 Å². The highest BCUT2D eigenvalue weighted by Crippen LogP contribution is 2.38. The summed E-state index contributed by atoms with van der Waals surface area (Å²) in [6, 6.07) is 8.67. The van der Waals surface area contributed by atoms with E-state index in [0.29, 0.717) is 23.7 Å². The highest BCUT2D eigenvalue weighted by Gasteiger charge is 2.37. The van der Waals surface area contributed by atoms with E-state index in [-0.39, 0.29) is 28.8 Å². The first kappa shape index (κ1) is 20.6. The Morgan fingerprint density at radius 1 is 1.31 bits per heavy atom. The topological polar surface area (TPSA) is 102 Å². The summed E-state index contributed by atoms with van der Waals surface area (Å²) in [5.74, 6) is -0.242. The van der Waals surface area contributed by atoms with Crippen LogP contribution in [0.1, 0.15) is 31.1 Å². The quantitative estimate of drug-likeness (QED) is 0.591. The molecule has 0 spiro atoms. The maximum absolute atomic E-state index is 12.8. The van der Waals surface area contributed by atoms with E-state index < -0.39 is 16.2 Å². The number of carbonyl (C=O) groups is 2. The van der Waals surface area contributed by atoms with Gasteiger partial charge in [-0.25, -0.2) is 0 Å².